The first kappa shape index (κ1) is 20.8. The van der Waals surface area contributed by atoms with Crippen LogP contribution in [0.15, 0.2) is 24.5 Å². The fourth-order valence-electron chi connectivity index (χ4n) is 4.68. The van der Waals surface area contributed by atoms with E-state index in [1.165, 1.54) is 23.8 Å². The van der Waals surface area contributed by atoms with E-state index in [0.29, 0.717) is 11.6 Å². The Labute approximate surface area is 190 Å². The molecule has 0 bridgehead atoms. The fourth-order valence-corrected chi connectivity index (χ4v) is 5.81. The molecule has 32 heavy (non-hydrogen) atoms. The van der Waals surface area contributed by atoms with Crippen molar-refractivity contribution in [2.75, 3.05) is 18.4 Å². The average Bonchev–Trinajstić information content (AvgIpc) is 3.39. The average molecular weight is 451 g/mol. The predicted molar refractivity (Wildman–Crippen MR) is 123 cm³/mol. The number of piperidine rings is 1. The van der Waals surface area contributed by atoms with E-state index in [1.54, 1.807) is 6.20 Å². The van der Waals surface area contributed by atoms with Crippen LogP contribution in [0.1, 0.15) is 50.4 Å². The molecule has 0 atom stereocenters. The van der Waals surface area contributed by atoms with Crippen molar-refractivity contribution in [3.8, 4) is 21.8 Å². The number of carbonyl (C=O) groups excluding carboxylic acids is 2. The normalized spacial score (nSPS) is 15.9. The third-order valence-corrected chi connectivity index (χ3v) is 7.24. The molecule has 0 saturated carbocycles. The van der Waals surface area contributed by atoms with Crippen molar-refractivity contribution in [3.05, 3.63) is 35.8 Å². The van der Waals surface area contributed by atoms with Gasteiger partial charge in [0.2, 0.25) is 11.8 Å². The van der Waals surface area contributed by atoms with Gasteiger partial charge < -0.3 is 10.2 Å². The summed E-state index contributed by atoms with van der Waals surface area (Å²) in [5.41, 5.74) is 5.33. The van der Waals surface area contributed by atoms with Crippen molar-refractivity contribution in [2.24, 2.45) is 0 Å². The summed E-state index contributed by atoms with van der Waals surface area (Å²) >= 11 is 1.52. The first-order valence-corrected chi connectivity index (χ1v) is 11.9. The fraction of sp³-hybridized carbons (Fsp3) is 0.435. The van der Waals surface area contributed by atoms with Crippen LogP contribution in [0, 0.1) is 0 Å². The Bertz CT molecular complexity index is 1160. The van der Waals surface area contributed by atoms with Crippen molar-refractivity contribution < 1.29 is 9.59 Å². The highest BCUT2D eigenvalue weighted by atomic mass is 32.1. The number of aryl methyl sites for hydroxylation is 1. The minimum atomic E-state index is -0.117. The van der Waals surface area contributed by atoms with Gasteiger partial charge in [0, 0.05) is 50.0 Å². The van der Waals surface area contributed by atoms with E-state index < -0.39 is 0 Å². The Morgan fingerprint density at radius 2 is 2.06 bits per heavy atom. The number of aromatic nitrogens is 4. The van der Waals surface area contributed by atoms with Gasteiger partial charge in [0.1, 0.15) is 0 Å². The molecule has 0 aromatic carbocycles. The first-order valence-electron chi connectivity index (χ1n) is 11.1. The van der Waals surface area contributed by atoms with Crippen LogP contribution >= 0.6 is 11.3 Å². The van der Waals surface area contributed by atoms with Gasteiger partial charge in [-0.2, -0.15) is 5.10 Å². The summed E-state index contributed by atoms with van der Waals surface area (Å²) in [5.74, 6) is 0.0977. The van der Waals surface area contributed by atoms with Crippen molar-refractivity contribution >= 4 is 28.3 Å². The van der Waals surface area contributed by atoms with E-state index in [0.717, 1.165) is 66.3 Å². The number of carbonyl (C=O) groups is 2. The zero-order valence-electron chi connectivity index (χ0n) is 18.3. The van der Waals surface area contributed by atoms with Crippen LogP contribution in [0.5, 0.6) is 0 Å². The van der Waals surface area contributed by atoms with Crippen LogP contribution in [0.3, 0.4) is 0 Å². The van der Waals surface area contributed by atoms with Gasteiger partial charge in [0.25, 0.3) is 0 Å². The van der Waals surface area contributed by atoms with E-state index >= 15 is 0 Å². The largest absolute Gasteiger partial charge is 0.343 e. The van der Waals surface area contributed by atoms with Crippen molar-refractivity contribution in [2.45, 2.75) is 52.0 Å². The molecule has 8 nitrogen and oxygen atoms in total. The molecule has 1 N–H and O–H groups in total. The molecule has 2 aliphatic rings. The van der Waals surface area contributed by atoms with E-state index in [9.17, 15) is 9.59 Å². The van der Waals surface area contributed by atoms with Gasteiger partial charge in [-0.25, -0.2) is 4.98 Å². The van der Waals surface area contributed by atoms with Crippen molar-refractivity contribution in [3.63, 3.8) is 0 Å². The Kier molecular flexibility index (Phi) is 5.50. The lowest BCUT2D eigenvalue weighted by Gasteiger charge is -2.33. The molecular formula is C23H26N6O2S. The number of nitrogens with zero attached hydrogens (tertiary/aromatic N) is 5. The summed E-state index contributed by atoms with van der Waals surface area (Å²) in [6, 6.07) is 4.20. The molecular weight excluding hydrogens is 424 g/mol. The van der Waals surface area contributed by atoms with E-state index in [2.05, 4.69) is 20.0 Å². The van der Waals surface area contributed by atoms with Gasteiger partial charge in [-0.3, -0.25) is 19.3 Å². The van der Waals surface area contributed by atoms with E-state index in [-0.39, 0.29) is 17.9 Å². The predicted octanol–water partition coefficient (Wildman–Crippen LogP) is 3.70. The van der Waals surface area contributed by atoms with Gasteiger partial charge >= 0.3 is 0 Å². The Morgan fingerprint density at radius 1 is 1.25 bits per heavy atom. The molecule has 1 fully saturated rings. The van der Waals surface area contributed by atoms with E-state index in [4.69, 9.17) is 5.10 Å². The Hall–Kier alpha value is -3.07. The zero-order valence-corrected chi connectivity index (χ0v) is 19.1. The molecule has 3 aromatic rings. The van der Waals surface area contributed by atoms with Crippen molar-refractivity contribution in [1.29, 1.82) is 0 Å². The smallest absolute Gasteiger partial charge is 0.223 e. The topological polar surface area (TPSA) is 93.0 Å². The van der Waals surface area contributed by atoms with Crippen LogP contribution in [0.25, 0.3) is 21.8 Å². The molecule has 1 aliphatic heterocycles. The van der Waals surface area contributed by atoms with Gasteiger partial charge in [0.15, 0.2) is 5.13 Å². The quantitative estimate of drug-likeness (QED) is 0.654. The maximum absolute atomic E-state index is 12.1. The highest BCUT2D eigenvalue weighted by molar-refractivity contribution is 7.19. The van der Waals surface area contributed by atoms with Gasteiger partial charge in [-0.15, -0.1) is 0 Å². The van der Waals surface area contributed by atoms with Crippen LogP contribution < -0.4 is 5.32 Å². The lowest BCUT2D eigenvalue weighted by molar-refractivity contribution is -0.132. The zero-order chi connectivity index (χ0) is 22.2. The van der Waals surface area contributed by atoms with Crippen LogP contribution in [-0.4, -0.2) is 49.6 Å². The molecule has 1 saturated heterocycles. The number of fused-ring (bicyclic) bond motifs is 3. The third-order valence-electron chi connectivity index (χ3n) is 6.22. The lowest BCUT2D eigenvalue weighted by Crippen LogP contribution is -2.39. The summed E-state index contributed by atoms with van der Waals surface area (Å²) in [7, 11) is 0. The maximum atomic E-state index is 12.1. The lowest BCUT2D eigenvalue weighted by atomic mass is 9.95. The number of hydrogen-bond donors (Lipinski definition) is 1. The number of amides is 2. The molecule has 3 aromatic heterocycles. The number of nitrogens with one attached hydrogen (secondary N) is 1. The SMILES string of the molecule is CCC(=O)N1CCC(n2nc(-c3cccnc3)c3c2-c2sc(NC(C)=O)nc2CC3)CC1. The summed E-state index contributed by atoms with van der Waals surface area (Å²) in [6.45, 7) is 4.92. The summed E-state index contributed by atoms with van der Waals surface area (Å²) in [6.07, 6.45) is 7.60. The standard InChI is InChI=1S/C23H26N6O2S/c1-3-19(31)28-11-8-16(9-12-28)29-21-17(20(27-29)15-5-4-10-24-13-15)6-7-18-22(21)32-23(26-18)25-14(2)30/h4-5,10,13,16H,3,6-9,11-12H2,1-2H3,(H,25,26,30). The Morgan fingerprint density at radius 3 is 2.75 bits per heavy atom. The van der Waals surface area contributed by atoms with Gasteiger partial charge in [-0.05, 0) is 37.8 Å². The summed E-state index contributed by atoms with van der Waals surface area (Å²) in [5, 5.41) is 8.58. The van der Waals surface area contributed by atoms with Crippen molar-refractivity contribution in [1.82, 2.24) is 24.6 Å². The monoisotopic (exact) mass is 450 g/mol. The second-order valence-electron chi connectivity index (χ2n) is 8.30. The number of thiazole rings is 1. The minimum absolute atomic E-state index is 0.117. The Balaban J connectivity index is 1.57. The molecule has 9 heteroatoms. The highest BCUT2D eigenvalue weighted by Crippen LogP contribution is 2.45. The van der Waals surface area contributed by atoms with Gasteiger partial charge in [-0.1, -0.05) is 18.3 Å². The molecule has 0 unspecified atom stereocenters. The second-order valence-corrected chi connectivity index (χ2v) is 9.30. The summed E-state index contributed by atoms with van der Waals surface area (Å²) < 4.78 is 2.17. The number of hydrogen-bond acceptors (Lipinski definition) is 6. The molecule has 2 amide bonds. The van der Waals surface area contributed by atoms with Gasteiger partial charge in [0.05, 0.1) is 28.0 Å². The molecule has 1 aliphatic carbocycles. The minimum Gasteiger partial charge on any atom is -0.343 e. The molecule has 166 valence electrons. The molecule has 5 rings (SSSR count). The van der Waals surface area contributed by atoms with Crippen LogP contribution in [0.2, 0.25) is 0 Å². The van der Waals surface area contributed by atoms with E-state index in [1.807, 2.05) is 30.2 Å². The molecule has 0 spiro atoms. The van der Waals surface area contributed by atoms with Crippen LogP contribution in [-0.2, 0) is 22.4 Å². The number of rotatable bonds is 4. The number of likely N-dealkylation sites (tertiary alicyclic amines) is 1. The molecule has 0 radical (unpaired) electrons. The third kappa shape index (κ3) is 3.70. The first-order chi connectivity index (χ1) is 15.5. The number of anilines is 1. The summed E-state index contributed by atoms with van der Waals surface area (Å²) in [4.78, 5) is 35.8. The second kappa shape index (κ2) is 8.46. The maximum Gasteiger partial charge on any atom is 0.223 e. The highest BCUT2D eigenvalue weighted by Gasteiger charge is 2.33. The molecule has 4 heterocycles. The number of pyridine rings is 1. The van der Waals surface area contributed by atoms with Crippen LogP contribution in [0.4, 0.5) is 5.13 Å².